The maximum Gasteiger partial charge on any atom is 0.0553 e. The van der Waals surface area contributed by atoms with Gasteiger partial charge in [0, 0.05) is 24.8 Å². The average molecular weight is 219 g/mol. The van der Waals surface area contributed by atoms with Crippen molar-refractivity contribution in [3.05, 3.63) is 24.0 Å². The number of nitrogens with two attached hydrogens (primary N) is 1. The summed E-state index contributed by atoms with van der Waals surface area (Å²) in [7, 11) is 0. The summed E-state index contributed by atoms with van der Waals surface area (Å²) in [6.45, 7) is 6.40. The van der Waals surface area contributed by atoms with Crippen molar-refractivity contribution >= 4 is 5.69 Å². The smallest absolute Gasteiger partial charge is 0.0553 e. The summed E-state index contributed by atoms with van der Waals surface area (Å²) in [5.41, 5.74) is 8.34. The van der Waals surface area contributed by atoms with E-state index in [0.29, 0.717) is 12.0 Å². The van der Waals surface area contributed by atoms with E-state index in [1.54, 1.807) is 0 Å². The summed E-state index contributed by atoms with van der Waals surface area (Å²) in [6, 6.07) is 4.61. The van der Waals surface area contributed by atoms with Crippen LogP contribution in [0.4, 0.5) is 5.69 Å². The first kappa shape index (κ1) is 11.4. The molecule has 1 fully saturated rings. The molecule has 88 valence electrons. The van der Waals surface area contributed by atoms with E-state index in [0.717, 1.165) is 25.2 Å². The van der Waals surface area contributed by atoms with Crippen molar-refractivity contribution in [2.24, 2.45) is 5.73 Å². The van der Waals surface area contributed by atoms with Crippen LogP contribution in [0.3, 0.4) is 0 Å². The van der Waals surface area contributed by atoms with Crippen LogP contribution in [0.1, 0.15) is 38.3 Å². The summed E-state index contributed by atoms with van der Waals surface area (Å²) >= 11 is 0. The Morgan fingerprint density at radius 1 is 1.44 bits per heavy atom. The SMILES string of the molecule is CC(C)c1ccc(N2CCC[C@@H](N)C2)cn1. The van der Waals surface area contributed by atoms with Crippen molar-refractivity contribution < 1.29 is 0 Å². The molecule has 16 heavy (non-hydrogen) atoms. The van der Waals surface area contributed by atoms with Gasteiger partial charge in [0.15, 0.2) is 0 Å². The molecule has 0 spiro atoms. The molecule has 0 bridgehead atoms. The van der Waals surface area contributed by atoms with Crippen LogP contribution in [-0.4, -0.2) is 24.1 Å². The molecule has 2 N–H and O–H groups in total. The Morgan fingerprint density at radius 3 is 2.81 bits per heavy atom. The first-order valence-electron chi connectivity index (χ1n) is 6.13. The summed E-state index contributed by atoms with van der Waals surface area (Å²) in [5, 5.41) is 0. The molecule has 0 saturated carbocycles. The predicted octanol–water partition coefficient (Wildman–Crippen LogP) is 2.13. The Bertz CT molecular complexity index is 332. The molecular formula is C13H21N3. The molecule has 3 heteroatoms. The van der Waals surface area contributed by atoms with Crippen LogP contribution in [0.2, 0.25) is 0 Å². The number of hydrogen-bond acceptors (Lipinski definition) is 3. The molecular weight excluding hydrogens is 198 g/mol. The molecule has 0 radical (unpaired) electrons. The number of hydrogen-bond donors (Lipinski definition) is 1. The van der Waals surface area contributed by atoms with Gasteiger partial charge in [0.05, 0.1) is 11.9 Å². The highest BCUT2D eigenvalue weighted by molar-refractivity contribution is 5.45. The molecule has 0 amide bonds. The Kier molecular flexibility index (Phi) is 3.44. The Hall–Kier alpha value is -1.09. The molecule has 0 unspecified atom stereocenters. The minimum absolute atomic E-state index is 0.318. The van der Waals surface area contributed by atoms with Crippen molar-refractivity contribution in [2.75, 3.05) is 18.0 Å². The summed E-state index contributed by atoms with van der Waals surface area (Å²) in [5.74, 6) is 0.498. The number of aromatic nitrogens is 1. The van der Waals surface area contributed by atoms with Crippen molar-refractivity contribution in [1.29, 1.82) is 0 Å². The van der Waals surface area contributed by atoms with E-state index in [2.05, 4.69) is 35.9 Å². The largest absolute Gasteiger partial charge is 0.369 e. The van der Waals surface area contributed by atoms with Crippen LogP contribution < -0.4 is 10.6 Å². The number of anilines is 1. The van der Waals surface area contributed by atoms with Crippen LogP contribution in [0, 0.1) is 0 Å². The molecule has 1 aliphatic rings. The fourth-order valence-electron chi connectivity index (χ4n) is 2.17. The minimum atomic E-state index is 0.318. The van der Waals surface area contributed by atoms with Crippen molar-refractivity contribution in [2.45, 2.75) is 38.6 Å². The van der Waals surface area contributed by atoms with E-state index in [1.165, 1.54) is 12.1 Å². The molecule has 1 aliphatic heterocycles. The van der Waals surface area contributed by atoms with Gasteiger partial charge in [-0.2, -0.15) is 0 Å². The summed E-state index contributed by atoms with van der Waals surface area (Å²) < 4.78 is 0. The maximum absolute atomic E-state index is 5.98. The highest BCUT2D eigenvalue weighted by atomic mass is 15.2. The van der Waals surface area contributed by atoms with Crippen molar-refractivity contribution in [1.82, 2.24) is 4.98 Å². The molecule has 1 aromatic heterocycles. The van der Waals surface area contributed by atoms with Gasteiger partial charge in [0.1, 0.15) is 0 Å². The molecule has 1 saturated heterocycles. The van der Waals surface area contributed by atoms with Crippen LogP contribution >= 0.6 is 0 Å². The first-order valence-corrected chi connectivity index (χ1v) is 6.13. The van der Waals surface area contributed by atoms with Gasteiger partial charge in [-0.15, -0.1) is 0 Å². The summed E-state index contributed by atoms with van der Waals surface area (Å²) in [6.07, 6.45) is 4.31. The lowest BCUT2D eigenvalue weighted by atomic mass is 10.1. The van der Waals surface area contributed by atoms with Crippen molar-refractivity contribution in [3.8, 4) is 0 Å². The fraction of sp³-hybridized carbons (Fsp3) is 0.615. The third kappa shape index (κ3) is 2.53. The van der Waals surface area contributed by atoms with Crippen LogP contribution in [0.5, 0.6) is 0 Å². The standard InChI is InChI=1S/C13H21N3/c1-10(2)13-6-5-12(8-15-13)16-7-3-4-11(14)9-16/h5-6,8,10-11H,3-4,7,9,14H2,1-2H3/t11-/m1/s1. The first-order chi connectivity index (χ1) is 7.66. The highest BCUT2D eigenvalue weighted by Gasteiger charge is 2.17. The van der Waals surface area contributed by atoms with E-state index in [1.807, 2.05) is 6.20 Å². The number of nitrogens with zero attached hydrogens (tertiary/aromatic N) is 2. The molecule has 2 heterocycles. The zero-order valence-corrected chi connectivity index (χ0v) is 10.2. The Balaban J connectivity index is 2.09. The van der Waals surface area contributed by atoms with Crippen LogP contribution in [-0.2, 0) is 0 Å². The number of rotatable bonds is 2. The van der Waals surface area contributed by atoms with E-state index < -0.39 is 0 Å². The topological polar surface area (TPSA) is 42.1 Å². The van der Waals surface area contributed by atoms with E-state index in [-0.39, 0.29) is 0 Å². The Morgan fingerprint density at radius 2 is 2.25 bits per heavy atom. The van der Waals surface area contributed by atoms with Gasteiger partial charge < -0.3 is 10.6 Å². The lowest BCUT2D eigenvalue weighted by Gasteiger charge is -2.32. The van der Waals surface area contributed by atoms with E-state index in [9.17, 15) is 0 Å². The Labute approximate surface area is 97.7 Å². The molecule has 2 rings (SSSR count). The molecule has 3 nitrogen and oxygen atoms in total. The normalized spacial score (nSPS) is 21.5. The molecule has 1 aromatic rings. The van der Waals surface area contributed by atoms with Gasteiger partial charge in [-0.1, -0.05) is 13.8 Å². The number of piperidine rings is 1. The van der Waals surface area contributed by atoms with Gasteiger partial charge >= 0.3 is 0 Å². The monoisotopic (exact) mass is 219 g/mol. The average Bonchev–Trinajstić information content (AvgIpc) is 2.29. The van der Waals surface area contributed by atoms with E-state index in [4.69, 9.17) is 5.73 Å². The second-order valence-electron chi connectivity index (χ2n) is 4.94. The van der Waals surface area contributed by atoms with Crippen LogP contribution in [0.25, 0.3) is 0 Å². The lowest BCUT2D eigenvalue weighted by Crippen LogP contribution is -2.42. The van der Waals surface area contributed by atoms with Gasteiger partial charge in [0.2, 0.25) is 0 Å². The second kappa shape index (κ2) is 4.83. The van der Waals surface area contributed by atoms with Crippen molar-refractivity contribution in [3.63, 3.8) is 0 Å². The maximum atomic E-state index is 5.98. The quantitative estimate of drug-likeness (QED) is 0.828. The van der Waals surface area contributed by atoms with Gasteiger partial charge in [0.25, 0.3) is 0 Å². The number of pyridine rings is 1. The van der Waals surface area contributed by atoms with Gasteiger partial charge in [-0.25, -0.2) is 0 Å². The molecule has 0 aromatic carbocycles. The third-order valence-corrected chi connectivity index (χ3v) is 3.19. The minimum Gasteiger partial charge on any atom is -0.369 e. The summed E-state index contributed by atoms with van der Waals surface area (Å²) in [4.78, 5) is 6.83. The third-order valence-electron chi connectivity index (χ3n) is 3.19. The highest BCUT2D eigenvalue weighted by Crippen LogP contribution is 2.20. The fourth-order valence-corrected chi connectivity index (χ4v) is 2.17. The second-order valence-corrected chi connectivity index (χ2v) is 4.94. The lowest BCUT2D eigenvalue weighted by molar-refractivity contribution is 0.505. The van der Waals surface area contributed by atoms with Crippen LogP contribution in [0.15, 0.2) is 18.3 Å². The molecule has 0 aliphatic carbocycles. The molecule has 1 atom stereocenters. The van der Waals surface area contributed by atoms with E-state index >= 15 is 0 Å². The van der Waals surface area contributed by atoms with Gasteiger partial charge in [-0.05, 0) is 30.9 Å². The predicted molar refractivity (Wildman–Crippen MR) is 67.7 cm³/mol. The van der Waals surface area contributed by atoms with Gasteiger partial charge in [-0.3, -0.25) is 4.98 Å². The zero-order valence-electron chi connectivity index (χ0n) is 10.2. The zero-order chi connectivity index (χ0) is 11.5.